The summed E-state index contributed by atoms with van der Waals surface area (Å²) in [7, 11) is 0. The average Bonchev–Trinajstić information content (AvgIpc) is 2.76. The average molecular weight is 307 g/mol. The van der Waals surface area contributed by atoms with E-state index in [4.69, 9.17) is 9.47 Å². The van der Waals surface area contributed by atoms with Crippen LogP contribution in [-0.4, -0.2) is 30.3 Å². The summed E-state index contributed by atoms with van der Waals surface area (Å²) in [5.74, 6) is -1.66. The van der Waals surface area contributed by atoms with Crippen LogP contribution in [0.1, 0.15) is 12.5 Å². The van der Waals surface area contributed by atoms with Crippen LogP contribution < -0.4 is 4.74 Å². The molecule has 9 heteroatoms. The summed E-state index contributed by atoms with van der Waals surface area (Å²) in [5.41, 5.74) is -0.268. The van der Waals surface area contributed by atoms with E-state index in [-0.39, 0.29) is 12.0 Å². The summed E-state index contributed by atoms with van der Waals surface area (Å²) in [6.45, 7) is 2.34. The molecule has 1 aliphatic rings. The minimum Gasteiger partial charge on any atom is -0.406 e. The van der Waals surface area contributed by atoms with E-state index in [2.05, 4.69) is 4.74 Å². The van der Waals surface area contributed by atoms with E-state index < -0.39 is 28.5 Å². The van der Waals surface area contributed by atoms with Crippen LogP contribution in [0.3, 0.4) is 0 Å². The van der Waals surface area contributed by atoms with Gasteiger partial charge in [-0.2, -0.15) is 0 Å². The van der Waals surface area contributed by atoms with Crippen molar-refractivity contribution in [3.63, 3.8) is 0 Å². The van der Waals surface area contributed by atoms with Crippen LogP contribution in [0.25, 0.3) is 0 Å². The number of halogens is 3. The van der Waals surface area contributed by atoms with Crippen LogP contribution in [0.15, 0.2) is 18.2 Å². The standard InChI is InChI=1S/C12H12F3NO5/c1-11(19-4-5-20-11)7-8-2-3-9(21-12(13,14)15)6-10(8)16(17)18/h2-3,6H,4-5,7H2,1H3. The van der Waals surface area contributed by atoms with Gasteiger partial charge in [0.25, 0.3) is 5.69 Å². The van der Waals surface area contributed by atoms with Gasteiger partial charge in [-0.1, -0.05) is 0 Å². The molecule has 0 radical (unpaired) electrons. The maximum absolute atomic E-state index is 12.1. The molecule has 1 aromatic rings. The van der Waals surface area contributed by atoms with Gasteiger partial charge in [0.2, 0.25) is 0 Å². The van der Waals surface area contributed by atoms with Gasteiger partial charge in [0.15, 0.2) is 5.79 Å². The zero-order valence-electron chi connectivity index (χ0n) is 11.0. The van der Waals surface area contributed by atoms with Crippen LogP contribution in [0, 0.1) is 10.1 Å². The van der Waals surface area contributed by atoms with Crippen molar-refractivity contribution in [3.8, 4) is 5.75 Å². The molecule has 1 fully saturated rings. The first-order valence-corrected chi connectivity index (χ1v) is 5.99. The molecule has 0 unspecified atom stereocenters. The molecule has 1 aromatic carbocycles. The lowest BCUT2D eigenvalue weighted by Gasteiger charge is -2.22. The van der Waals surface area contributed by atoms with Crippen molar-refractivity contribution in [2.24, 2.45) is 0 Å². The van der Waals surface area contributed by atoms with Crippen LogP contribution in [0.2, 0.25) is 0 Å². The maximum atomic E-state index is 12.1. The summed E-state index contributed by atoms with van der Waals surface area (Å²) in [6, 6.07) is 2.96. The highest BCUT2D eigenvalue weighted by atomic mass is 19.4. The van der Waals surface area contributed by atoms with Crippen LogP contribution in [-0.2, 0) is 15.9 Å². The second kappa shape index (κ2) is 5.49. The number of alkyl halides is 3. The molecule has 0 saturated carbocycles. The zero-order valence-corrected chi connectivity index (χ0v) is 11.0. The Bertz CT molecular complexity index is 540. The molecule has 2 rings (SSSR count). The quantitative estimate of drug-likeness (QED) is 0.632. The summed E-state index contributed by atoms with van der Waals surface area (Å²) < 4.78 is 50.7. The molecule has 0 spiro atoms. The molecule has 21 heavy (non-hydrogen) atoms. The third-order valence-electron chi connectivity index (χ3n) is 2.90. The molecule has 0 N–H and O–H groups in total. The molecule has 1 saturated heterocycles. The normalized spacial score (nSPS) is 17.7. The molecule has 0 bridgehead atoms. The Morgan fingerprint density at radius 3 is 2.52 bits per heavy atom. The van der Waals surface area contributed by atoms with Crippen LogP contribution >= 0.6 is 0 Å². The van der Waals surface area contributed by atoms with E-state index in [0.29, 0.717) is 13.2 Å². The first kappa shape index (κ1) is 15.5. The van der Waals surface area contributed by atoms with Gasteiger partial charge in [-0.3, -0.25) is 10.1 Å². The lowest BCUT2D eigenvalue weighted by atomic mass is 10.0. The summed E-state index contributed by atoms with van der Waals surface area (Å²) in [6.07, 6.45) is -4.85. The van der Waals surface area contributed by atoms with E-state index in [1.165, 1.54) is 6.07 Å². The molecule has 0 amide bonds. The highest BCUT2D eigenvalue weighted by Gasteiger charge is 2.35. The molecule has 0 aliphatic carbocycles. The van der Waals surface area contributed by atoms with Gasteiger partial charge in [0.1, 0.15) is 5.75 Å². The van der Waals surface area contributed by atoms with Crippen molar-refractivity contribution in [3.05, 3.63) is 33.9 Å². The highest BCUT2D eigenvalue weighted by Crippen LogP contribution is 2.33. The number of hydrogen-bond donors (Lipinski definition) is 0. The Labute approximate surface area is 117 Å². The second-order valence-electron chi connectivity index (χ2n) is 4.60. The fourth-order valence-electron chi connectivity index (χ4n) is 2.07. The fraction of sp³-hybridized carbons (Fsp3) is 0.500. The lowest BCUT2D eigenvalue weighted by molar-refractivity contribution is -0.386. The van der Waals surface area contributed by atoms with Crippen LogP contribution in [0.5, 0.6) is 5.75 Å². The van der Waals surface area contributed by atoms with E-state index in [9.17, 15) is 23.3 Å². The van der Waals surface area contributed by atoms with Gasteiger partial charge in [-0.25, -0.2) is 0 Å². The van der Waals surface area contributed by atoms with Gasteiger partial charge >= 0.3 is 6.36 Å². The Balaban J connectivity index is 2.27. The van der Waals surface area contributed by atoms with E-state index in [1.807, 2.05) is 0 Å². The Morgan fingerprint density at radius 1 is 1.38 bits per heavy atom. The molecular weight excluding hydrogens is 295 g/mol. The van der Waals surface area contributed by atoms with Gasteiger partial charge in [-0.05, 0) is 19.1 Å². The van der Waals surface area contributed by atoms with Gasteiger partial charge in [0, 0.05) is 12.0 Å². The van der Waals surface area contributed by atoms with Crippen LogP contribution in [0.4, 0.5) is 18.9 Å². The Kier molecular flexibility index (Phi) is 4.06. The minimum absolute atomic E-state index is 0.0512. The number of nitro groups is 1. The molecule has 6 nitrogen and oxygen atoms in total. The molecular formula is C12H12F3NO5. The van der Waals surface area contributed by atoms with Crippen molar-refractivity contribution in [1.29, 1.82) is 0 Å². The summed E-state index contributed by atoms with van der Waals surface area (Å²) in [5, 5.41) is 11.0. The highest BCUT2D eigenvalue weighted by molar-refractivity contribution is 5.46. The number of nitrogens with zero attached hydrogens (tertiary/aromatic N) is 1. The monoisotopic (exact) mass is 307 g/mol. The number of ether oxygens (including phenoxy) is 3. The first-order valence-electron chi connectivity index (χ1n) is 5.99. The van der Waals surface area contributed by atoms with Crippen molar-refractivity contribution in [2.45, 2.75) is 25.5 Å². The summed E-state index contributed by atoms with van der Waals surface area (Å²) in [4.78, 5) is 10.2. The predicted molar refractivity (Wildman–Crippen MR) is 63.8 cm³/mol. The number of hydrogen-bond acceptors (Lipinski definition) is 5. The molecule has 116 valence electrons. The topological polar surface area (TPSA) is 70.8 Å². The SMILES string of the molecule is CC1(Cc2ccc(OC(F)(F)F)cc2[N+](=O)[O-])OCCO1. The van der Waals surface area contributed by atoms with Crippen molar-refractivity contribution >= 4 is 5.69 Å². The maximum Gasteiger partial charge on any atom is 0.573 e. The van der Waals surface area contributed by atoms with Gasteiger partial charge < -0.3 is 14.2 Å². The minimum atomic E-state index is -4.90. The molecule has 0 aromatic heterocycles. The molecule has 1 aliphatic heterocycles. The zero-order chi connectivity index (χ0) is 15.7. The molecule has 0 atom stereocenters. The fourth-order valence-corrected chi connectivity index (χ4v) is 2.07. The smallest absolute Gasteiger partial charge is 0.406 e. The number of benzene rings is 1. The largest absolute Gasteiger partial charge is 0.573 e. The second-order valence-corrected chi connectivity index (χ2v) is 4.60. The lowest BCUT2D eigenvalue weighted by Crippen LogP contribution is -2.28. The summed E-state index contributed by atoms with van der Waals surface area (Å²) >= 11 is 0. The van der Waals surface area contributed by atoms with Crippen molar-refractivity contribution < 1.29 is 32.3 Å². The van der Waals surface area contributed by atoms with Crippen molar-refractivity contribution in [2.75, 3.05) is 13.2 Å². The van der Waals surface area contributed by atoms with Crippen molar-refractivity contribution in [1.82, 2.24) is 0 Å². The van der Waals surface area contributed by atoms with Gasteiger partial charge in [-0.15, -0.1) is 13.2 Å². The Hall–Kier alpha value is -1.87. The third kappa shape index (κ3) is 4.05. The Morgan fingerprint density at radius 2 is 2.00 bits per heavy atom. The third-order valence-corrected chi connectivity index (χ3v) is 2.90. The number of rotatable bonds is 4. The first-order chi connectivity index (χ1) is 9.69. The van der Waals surface area contributed by atoms with E-state index in [1.54, 1.807) is 6.92 Å². The number of nitro benzene ring substituents is 1. The van der Waals surface area contributed by atoms with E-state index in [0.717, 1.165) is 12.1 Å². The van der Waals surface area contributed by atoms with Gasteiger partial charge in [0.05, 0.1) is 24.2 Å². The van der Waals surface area contributed by atoms with E-state index >= 15 is 0 Å². The predicted octanol–water partition coefficient (Wildman–Crippen LogP) is 2.80. The molecule has 1 heterocycles.